The number of benzene rings is 1. The molecule has 1 aromatic carbocycles. The van der Waals surface area contributed by atoms with Crippen molar-refractivity contribution in [1.29, 1.82) is 0 Å². The topological polar surface area (TPSA) is 39.1 Å². The molecule has 17 heavy (non-hydrogen) atoms. The van der Waals surface area contributed by atoms with E-state index in [1.54, 1.807) is 22.9 Å². The van der Waals surface area contributed by atoms with Gasteiger partial charge in [0.15, 0.2) is 6.29 Å². The van der Waals surface area contributed by atoms with Gasteiger partial charge in [0.05, 0.1) is 5.56 Å². The van der Waals surface area contributed by atoms with Crippen LogP contribution in [-0.2, 0) is 11.3 Å². The second-order valence-electron chi connectivity index (χ2n) is 3.63. The number of hydrogen-bond donors (Lipinski definition) is 0. The Balaban J connectivity index is 2.74. The van der Waals surface area contributed by atoms with Gasteiger partial charge < -0.3 is 4.57 Å². The quantitative estimate of drug-likeness (QED) is 0.350. The summed E-state index contributed by atoms with van der Waals surface area (Å²) in [6.07, 6.45) is 3.44. The number of hydrogen-bond acceptors (Lipinski definition) is 2. The molecule has 0 fully saturated rings. The average molecular weight is 231 g/mol. The molecular formula is C13H10FNO2. The second-order valence-corrected chi connectivity index (χ2v) is 3.63. The zero-order valence-electron chi connectivity index (χ0n) is 9.02. The summed E-state index contributed by atoms with van der Waals surface area (Å²) in [5.74, 6) is -1.09. The smallest absolute Gasteiger partial charge is 0.227 e. The molecule has 0 unspecified atom stereocenters. The predicted molar refractivity (Wildman–Crippen MR) is 62.5 cm³/mol. The largest absolute Gasteiger partial charge is 0.343 e. The summed E-state index contributed by atoms with van der Waals surface area (Å²) in [6.45, 7) is 4.10. The summed E-state index contributed by atoms with van der Waals surface area (Å²) in [5, 5.41) is 0.448. The van der Waals surface area contributed by atoms with Crippen LogP contribution in [0.5, 0.6) is 0 Å². The van der Waals surface area contributed by atoms with E-state index < -0.39 is 11.6 Å². The van der Waals surface area contributed by atoms with Crippen LogP contribution in [0.2, 0.25) is 0 Å². The molecule has 0 saturated carbocycles. The van der Waals surface area contributed by atoms with Crippen LogP contribution in [0.4, 0.5) is 4.39 Å². The summed E-state index contributed by atoms with van der Waals surface area (Å²) in [7, 11) is 0. The van der Waals surface area contributed by atoms with Gasteiger partial charge in [-0.3, -0.25) is 9.59 Å². The Kier molecular flexibility index (Phi) is 2.87. The van der Waals surface area contributed by atoms with Crippen LogP contribution >= 0.6 is 0 Å². The molecule has 4 heteroatoms. The maximum Gasteiger partial charge on any atom is 0.227 e. The molecule has 1 aromatic heterocycles. The lowest BCUT2D eigenvalue weighted by atomic mass is 10.1. The van der Waals surface area contributed by atoms with Crippen molar-refractivity contribution in [2.45, 2.75) is 6.54 Å². The van der Waals surface area contributed by atoms with E-state index in [9.17, 15) is 14.0 Å². The maximum absolute atomic E-state index is 13.2. The molecule has 0 radical (unpaired) electrons. The van der Waals surface area contributed by atoms with E-state index in [4.69, 9.17) is 0 Å². The first-order chi connectivity index (χ1) is 8.17. The van der Waals surface area contributed by atoms with Crippen LogP contribution in [0.15, 0.2) is 37.1 Å². The van der Waals surface area contributed by atoms with E-state index in [0.29, 0.717) is 17.4 Å². The number of aldehydes is 1. The first-order valence-electron chi connectivity index (χ1n) is 5.06. The van der Waals surface area contributed by atoms with Crippen LogP contribution in [0.1, 0.15) is 10.4 Å². The maximum atomic E-state index is 13.2. The molecule has 1 heterocycles. The number of fused-ring (bicyclic) bond motifs is 1. The Morgan fingerprint density at radius 2 is 2.24 bits per heavy atom. The molecule has 0 amide bonds. The third-order valence-electron chi connectivity index (χ3n) is 2.54. The lowest BCUT2D eigenvalue weighted by molar-refractivity contribution is -0.104. The molecule has 0 aliphatic carbocycles. The Morgan fingerprint density at radius 3 is 2.88 bits per heavy atom. The molecule has 2 aromatic rings. The summed E-state index contributed by atoms with van der Waals surface area (Å²) >= 11 is 0. The van der Waals surface area contributed by atoms with Gasteiger partial charge in [0, 0.05) is 23.6 Å². The van der Waals surface area contributed by atoms with Crippen molar-refractivity contribution in [2.75, 3.05) is 0 Å². The van der Waals surface area contributed by atoms with E-state index in [2.05, 4.69) is 6.58 Å². The fourth-order valence-corrected chi connectivity index (χ4v) is 1.82. The third kappa shape index (κ3) is 1.89. The molecule has 0 aliphatic rings. The van der Waals surface area contributed by atoms with E-state index in [0.717, 1.165) is 0 Å². The van der Waals surface area contributed by atoms with Crippen LogP contribution in [0.25, 0.3) is 10.9 Å². The predicted octanol–water partition coefficient (Wildman–Crippen LogP) is 2.35. The van der Waals surface area contributed by atoms with Gasteiger partial charge in [0.2, 0.25) is 5.78 Å². The molecule has 0 atom stereocenters. The van der Waals surface area contributed by atoms with Gasteiger partial charge in [0.1, 0.15) is 5.82 Å². The van der Waals surface area contributed by atoms with Crippen LogP contribution < -0.4 is 0 Å². The number of aromatic nitrogens is 1. The molecule has 86 valence electrons. The fourth-order valence-electron chi connectivity index (χ4n) is 1.82. The standard InChI is InChI=1S/C13H10FNO2/c1-2-5-15-7-11(13(17)8-16)10-6-9(14)3-4-12(10)15/h2-4,6-8H,1,5H2. The van der Waals surface area contributed by atoms with Crippen LogP contribution in [0, 0.1) is 5.82 Å². The Morgan fingerprint density at radius 1 is 1.47 bits per heavy atom. The highest BCUT2D eigenvalue weighted by Crippen LogP contribution is 2.22. The number of allylic oxidation sites excluding steroid dienone is 1. The van der Waals surface area contributed by atoms with Crippen molar-refractivity contribution >= 4 is 23.0 Å². The molecule has 0 aliphatic heterocycles. The van der Waals surface area contributed by atoms with Gasteiger partial charge >= 0.3 is 0 Å². The molecule has 0 N–H and O–H groups in total. The Hall–Kier alpha value is -2.23. The summed E-state index contributed by atoms with van der Waals surface area (Å²) < 4.78 is 14.9. The van der Waals surface area contributed by atoms with Crippen molar-refractivity contribution < 1.29 is 14.0 Å². The molecule has 3 nitrogen and oxygen atoms in total. The van der Waals surface area contributed by atoms with Gasteiger partial charge in [-0.1, -0.05) is 6.08 Å². The zero-order chi connectivity index (χ0) is 12.4. The van der Waals surface area contributed by atoms with Gasteiger partial charge in [-0.15, -0.1) is 6.58 Å². The van der Waals surface area contributed by atoms with Crippen molar-refractivity contribution in [3.63, 3.8) is 0 Å². The van der Waals surface area contributed by atoms with Gasteiger partial charge in [-0.25, -0.2) is 4.39 Å². The van der Waals surface area contributed by atoms with Crippen molar-refractivity contribution in [3.8, 4) is 0 Å². The number of carbonyl (C=O) groups is 2. The minimum absolute atomic E-state index is 0.219. The second kappa shape index (κ2) is 4.33. The molecular weight excluding hydrogens is 221 g/mol. The number of carbonyl (C=O) groups excluding carboxylic acids is 2. The third-order valence-corrected chi connectivity index (χ3v) is 2.54. The lowest BCUT2D eigenvalue weighted by Gasteiger charge is -1.99. The van der Waals surface area contributed by atoms with E-state index in [1.165, 1.54) is 12.1 Å². The number of ketones is 1. The summed E-state index contributed by atoms with van der Waals surface area (Å²) in [5.41, 5.74) is 0.924. The number of halogens is 1. The van der Waals surface area contributed by atoms with Crippen LogP contribution in [-0.4, -0.2) is 16.6 Å². The number of nitrogens with zero attached hydrogens (tertiary/aromatic N) is 1. The monoisotopic (exact) mass is 231 g/mol. The number of rotatable bonds is 4. The normalized spacial score (nSPS) is 10.4. The van der Waals surface area contributed by atoms with Crippen molar-refractivity contribution in [2.24, 2.45) is 0 Å². The summed E-state index contributed by atoms with van der Waals surface area (Å²) in [6, 6.07) is 4.15. The Labute approximate surface area is 97.2 Å². The SMILES string of the molecule is C=CCn1cc(C(=O)C=O)c2cc(F)ccc21. The summed E-state index contributed by atoms with van der Waals surface area (Å²) in [4.78, 5) is 22.0. The number of Topliss-reactive ketones (excluding diaryl/α,β-unsaturated/α-hetero) is 1. The highest BCUT2D eigenvalue weighted by atomic mass is 19.1. The van der Waals surface area contributed by atoms with E-state index in [-0.39, 0.29) is 11.8 Å². The van der Waals surface area contributed by atoms with E-state index >= 15 is 0 Å². The Bertz CT molecular complexity index is 613. The van der Waals surface area contributed by atoms with Crippen LogP contribution in [0.3, 0.4) is 0 Å². The zero-order valence-corrected chi connectivity index (χ0v) is 9.02. The minimum atomic E-state index is -0.650. The lowest BCUT2D eigenvalue weighted by Crippen LogP contribution is -1.98. The highest BCUT2D eigenvalue weighted by molar-refractivity contribution is 6.36. The minimum Gasteiger partial charge on any atom is -0.343 e. The first kappa shape index (κ1) is 11.3. The van der Waals surface area contributed by atoms with Gasteiger partial charge in [-0.05, 0) is 18.2 Å². The fraction of sp³-hybridized carbons (Fsp3) is 0.0769. The van der Waals surface area contributed by atoms with E-state index in [1.807, 2.05) is 0 Å². The van der Waals surface area contributed by atoms with Crippen molar-refractivity contribution in [3.05, 3.63) is 48.4 Å². The molecule has 0 saturated heterocycles. The highest BCUT2D eigenvalue weighted by Gasteiger charge is 2.14. The molecule has 0 spiro atoms. The molecule has 2 rings (SSSR count). The van der Waals surface area contributed by atoms with Gasteiger partial charge in [-0.2, -0.15) is 0 Å². The molecule has 0 bridgehead atoms. The average Bonchev–Trinajstić information content (AvgIpc) is 2.67. The van der Waals surface area contributed by atoms with Crippen molar-refractivity contribution in [1.82, 2.24) is 4.57 Å². The van der Waals surface area contributed by atoms with Gasteiger partial charge in [0.25, 0.3) is 0 Å². The first-order valence-corrected chi connectivity index (χ1v) is 5.06.